The van der Waals surface area contributed by atoms with Gasteiger partial charge in [-0.1, -0.05) is 26.0 Å². The maximum Gasteiger partial charge on any atom is 0.328 e. The van der Waals surface area contributed by atoms with Crippen molar-refractivity contribution in [2.45, 2.75) is 88.6 Å². The van der Waals surface area contributed by atoms with Crippen LogP contribution in [0.3, 0.4) is 0 Å². The van der Waals surface area contributed by atoms with Crippen LogP contribution in [0.2, 0.25) is 0 Å². The summed E-state index contributed by atoms with van der Waals surface area (Å²) in [6, 6.07) is -5.93. The summed E-state index contributed by atoms with van der Waals surface area (Å²) in [5.41, 5.74) is 5.86. The number of carboxylic acid groups (broad SMARTS) is 1. The highest BCUT2D eigenvalue weighted by atomic mass is 16.4. The van der Waals surface area contributed by atoms with Gasteiger partial charge in [0.1, 0.15) is 48.0 Å². The number of benzene rings is 1. The maximum absolute atomic E-state index is 13.6. The lowest BCUT2D eigenvalue weighted by molar-refractivity contribution is -0.143. The van der Waals surface area contributed by atoms with Crippen LogP contribution in [0.15, 0.2) is 24.3 Å². The van der Waals surface area contributed by atoms with Gasteiger partial charge >= 0.3 is 5.97 Å². The van der Waals surface area contributed by atoms with E-state index in [-0.39, 0.29) is 12.2 Å². The van der Waals surface area contributed by atoms with Crippen LogP contribution in [0, 0.1) is 5.92 Å². The molecule has 52 heavy (non-hydrogen) atoms. The Morgan fingerprint density at radius 1 is 0.577 bits per heavy atom. The molecule has 0 radical (unpaired) electrons. The number of carbonyl (C=O) groups excluding carboxylic acids is 6. The Morgan fingerprint density at radius 3 is 1.40 bits per heavy atom. The fourth-order valence-electron chi connectivity index (χ4n) is 4.44. The molecule has 0 aliphatic rings. The summed E-state index contributed by atoms with van der Waals surface area (Å²) in [5.74, 6) is -8.76. The molecule has 0 fully saturated rings. The van der Waals surface area contributed by atoms with E-state index in [1.807, 2.05) is 0 Å². The Kier molecular flexibility index (Phi) is 18.6. The first-order valence-electron chi connectivity index (χ1n) is 16.0. The van der Waals surface area contributed by atoms with Crippen molar-refractivity contribution in [3.63, 3.8) is 0 Å². The minimum absolute atomic E-state index is 0.117. The molecule has 21 heteroatoms. The van der Waals surface area contributed by atoms with Gasteiger partial charge in [-0.15, -0.1) is 0 Å². The molecule has 0 saturated carbocycles. The van der Waals surface area contributed by atoms with Gasteiger partial charge in [-0.25, -0.2) is 4.79 Å². The lowest BCUT2D eigenvalue weighted by atomic mass is 10.0. The lowest BCUT2D eigenvalue weighted by Gasteiger charge is -2.29. The van der Waals surface area contributed by atoms with E-state index in [4.69, 9.17) is 15.9 Å². The number of hydrogen-bond donors (Lipinski definition) is 14. The zero-order chi connectivity index (χ0) is 39.9. The number of hydrogen-bond acceptors (Lipinski definition) is 14. The number of carbonyl (C=O) groups is 7. The van der Waals surface area contributed by atoms with Gasteiger partial charge in [0, 0.05) is 6.42 Å². The zero-order valence-corrected chi connectivity index (χ0v) is 29.0. The summed E-state index contributed by atoms with van der Waals surface area (Å²) < 4.78 is 0. The molecule has 1 aromatic rings. The van der Waals surface area contributed by atoms with E-state index in [9.17, 15) is 59.1 Å². The van der Waals surface area contributed by atoms with Gasteiger partial charge in [-0.2, -0.15) is 0 Å². The summed E-state index contributed by atoms with van der Waals surface area (Å²) in [6.07, 6.45) is -3.47. The highest BCUT2D eigenvalue weighted by molar-refractivity contribution is 5.97. The number of amides is 6. The average Bonchev–Trinajstić information content (AvgIpc) is 3.08. The number of rotatable bonds is 21. The molecular weight excluding hydrogens is 694 g/mol. The lowest BCUT2D eigenvalue weighted by Crippen LogP contribution is -2.63. The Balaban J connectivity index is 3.26. The minimum atomic E-state index is -1.83. The Morgan fingerprint density at radius 2 is 0.981 bits per heavy atom. The van der Waals surface area contributed by atoms with E-state index in [0.717, 1.165) is 13.8 Å². The van der Waals surface area contributed by atoms with Gasteiger partial charge in [0.2, 0.25) is 35.4 Å². The smallest absolute Gasteiger partial charge is 0.328 e. The molecule has 292 valence electrons. The average molecular weight is 744 g/mol. The number of aromatic hydroxyl groups is 1. The number of phenolic OH excluding ortho intramolecular Hbond substituents is 1. The molecule has 1 aromatic carbocycles. The largest absolute Gasteiger partial charge is 0.508 e. The van der Waals surface area contributed by atoms with Crippen LogP contribution < -0.4 is 37.6 Å². The Labute approximate surface area is 298 Å². The quantitative estimate of drug-likeness (QED) is 0.0557. The summed E-state index contributed by atoms with van der Waals surface area (Å²) in [6.45, 7) is 2.50. The third-order valence-electron chi connectivity index (χ3n) is 7.53. The molecule has 0 unspecified atom stereocenters. The fourth-order valence-corrected chi connectivity index (χ4v) is 4.44. The monoisotopic (exact) mass is 743 g/mol. The van der Waals surface area contributed by atoms with Crippen LogP contribution in [0.25, 0.3) is 0 Å². The number of nitrogens with two attached hydrogens (primary N) is 1. The summed E-state index contributed by atoms with van der Waals surface area (Å²) >= 11 is 0. The van der Waals surface area contributed by atoms with E-state index in [0.29, 0.717) is 5.56 Å². The SMILES string of the molecule is CC(C)[C@H](NC(=O)[C@H](CO)NC(=O)[C@@H](NC(=O)[C@H](Cc1ccc(O)cc1)NC(=O)[C@@H](NC(=O)[C@@H](N)CO)[C@@H](C)O)[C@@H](C)O)C(=O)N[C@@H](CO)C(=O)O. The fraction of sp³-hybridized carbons (Fsp3) is 0.581. The van der Waals surface area contributed by atoms with E-state index < -0.39 is 122 Å². The number of phenols is 1. The summed E-state index contributed by atoms with van der Waals surface area (Å²) in [5, 5.41) is 80.9. The molecule has 0 aliphatic heterocycles. The van der Waals surface area contributed by atoms with Crippen LogP contribution >= 0.6 is 0 Å². The zero-order valence-electron chi connectivity index (χ0n) is 29.0. The molecule has 0 saturated heterocycles. The van der Waals surface area contributed by atoms with Gasteiger partial charge in [-0.05, 0) is 37.5 Å². The molecule has 15 N–H and O–H groups in total. The van der Waals surface area contributed by atoms with Crippen LogP contribution in [-0.4, -0.2) is 151 Å². The van der Waals surface area contributed by atoms with Gasteiger partial charge in [0.05, 0.1) is 32.0 Å². The third kappa shape index (κ3) is 14.0. The van der Waals surface area contributed by atoms with Crippen molar-refractivity contribution in [2.75, 3.05) is 19.8 Å². The van der Waals surface area contributed by atoms with Crippen molar-refractivity contribution in [3.05, 3.63) is 29.8 Å². The van der Waals surface area contributed by atoms with Gasteiger partial charge in [0.15, 0.2) is 0 Å². The molecule has 0 spiro atoms. The number of nitrogens with one attached hydrogen (secondary N) is 6. The van der Waals surface area contributed by atoms with Crippen molar-refractivity contribution in [2.24, 2.45) is 11.7 Å². The molecule has 6 amide bonds. The predicted molar refractivity (Wildman–Crippen MR) is 178 cm³/mol. The Hall–Kier alpha value is -4.93. The number of carboxylic acids is 1. The number of aliphatic carboxylic acids is 1. The van der Waals surface area contributed by atoms with Crippen molar-refractivity contribution in [1.82, 2.24) is 31.9 Å². The van der Waals surface area contributed by atoms with Crippen molar-refractivity contribution >= 4 is 41.4 Å². The van der Waals surface area contributed by atoms with Crippen molar-refractivity contribution in [3.8, 4) is 5.75 Å². The molecule has 1 rings (SSSR count). The normalized spacial score (nSPS) is 16.4. The second kappa shape index (κ2) is 21.4. The van der Waals surface area contributed by atoms with Crippen LogP contribution in [0.5, 0.6) is 5.75 Å². The summed E-state index contributed by atoms with van der Waals surface area (Å²) in [7, 11) is 0. The van der Waals surface area contributed by atoms with Crippen LogP contribution in [0.1, 0.15) is 33.3 Å². The Bertz CT molecular complexity index is 1390. The highest BCUT2D eigenvalue weighted by Gasteiger charge is 2.36. The molecule has 21 nitrogen and oxygen atoms in total. The van der Waals surface area contributed by atoms with E-state index in [1.165, 1.54) is 38.1 Å². The summed E-state index contributed by atoms with van der Waals surface area (Å²) in [4.78, 5) is 89.2. The van der Waals surface area contributed by atoms with E-state index >= 15 is 0 Å². The molecule has 0 heterocycles. The van der Waals surface area contributed by atoms with Crippen LogP contribution in [0.4, 0.5) is 0 Å². The highest BCUT2D eigenvalue weighted by Crippen LogP contribution is 2.12. The standard InChI is InChI=1S/C31H49N7O14/c1-13(2)22(28(48)35-21(12-41)31(51)52)36-27(47)20(11-40)34-30(50)24(15(4)43)38-26(46)19(9-16-5-7-17(44)8-6-16)33-29(49)23(14(3)42)37-25(45)18(32)10-39/h5-8,13-15,18-24,39-44H,9-12,32H2,1-4H3,(H,33,49)(H,34,50)(H,35,48)(H,36,47)(H,37,45)(H,38,46)(H,51,52)/t14-,15-,18+,19+,20+,21+,22+,23+,24+/m1/s1. The second-order valence-corrected chi connectivity index (χ2v) is 12.2. The molecule has 0 bridgehead atoms. The van der Waals surface area contributed by atoms with Gasteiger partial charge in [-0.3, -0.25) is 28.8 Å². The van der Waals surface area contributed by atoms with Gasteiger partial charge < -0.3 is 73.4 Å². The maximum atomic E-state index is 13.6. The first kappa shape index (κ1) is 45.1. The molecule has 0 aromatic heterocycles. The number of aliphatic hydroxyl groups excluding tert-OH is 5. The molecule has 0 aliphatic carbocycles. The van der Waals surface area contributed by atoms with E-state index in [2.05, 4.69) is 31.9 Å². The first-order chi connectivity index (χ1) is 24.3. The molecular formula is C31H49N7O14. The van der Waals surface area contributed by atoms with Crippen molar-refractivity contribution < 1.29 is 69.3 Å². The third-order valence-corrected chi connectivity index (χ3v) is 7.53. The second-order valence-electron chi connectivity index (χ2n) is 12.2. The van der Waals surface area contributed by atoms with Gasteiger partial charge in [0.25, 0.3) is 0 Å². The van der Waals surface area contributed by atoms with Crippen molar-refractivity contribution in [1.29, 1.82) is 0 Å². The topological polar surface area (TPSA) is 359 Å². The molecule has 9 atom stereocenters. The first-order valence-corrected chi connectivity index (χ1v) is 16.0. The number of aliphatic hydroxyl groups is 5. The predicted octanol–water partition coefficient (Wildman–Crippen LogP) is -6.35. The van der Waals surface area contributed by atoms with Crippen LogP contribution in [-0.2, 0) is 40.0 Å². The van der Waals surface area contributed by atoms with E-state index in [1.54, 1.807) is 0 Å². The minimum Gasteiger partial charge on any atom is -0.508 e.